The van der Waals surface area contributed by atoms with Crippen molar-refractivity contribution in [2.75, 3.05) is 18.4 Å². The van der Waals surface area contributed by atoms with Crippen molar-refractivity contribution >= 4 is 21.6 Å². The molecule has 5 nitrogen and oxygen atoms in total. The van der Waals surface area contributed by atoms with Crippen LogP contribution in [0.2, 0.25) is 0 Å². The van der Waals surface area contributed by atoms with Gasteiger partial charge in [0, 0.05) is 24.3 Å². The molecule has 0 saturated carbocycles. The van der Waals surface area contributed by atoms with Crippen molar-refractivity contribution in [3.8, 4) is 0 Å². The van der Waals surface area contributed by atoms with Gasteiger partial charge in [0.15, 0.2) is 0 Å². The zero-order chi connectivity index (χ0) is 25.0. The number of hydrogen-bond donors (Lipinski definition) is 1. The van der Waals surface area contributed by atoms with Crippen LogP contribution in [-0.2, 0) is 10.0 Å². The summed E-state index contributed by atoms with van der Waals surface area (Å²) >= 11 is 0. The molecule has 2 aromatic rings. The van der Waals surface area contributed by atoms with Crippen molar-refractivity contribution in [1.29, 1.82) is 0 Å². The molecule has 32 heavy (non-hydrogen) atoms. The summed E-state index contributed by atoms with van der Waals surface area (Å²) in [5, 5.41) is 2.77. The Bertz CT molecular complexity index is 816. The van der Waals surface area contributed by atoms with Gasteiger partial charge in [-0.2, -0.15) is 4.31 Å². The third kappa shape index (κ3) is 10.4. The largest absolute Gasteiger partial charge is 0.322 e. The monoisotopic (exact) mass is 464 g/mol. The lowest BCUT2D eigenvalue weighted by Crippen LogP contribution is -2.35. The fourth-order valence-corrected chi connectivity index (χ4v) is 4.34. The van der Waals surface area contributed by atoms with Gasteiger partial charge in [0.25, 0.3) is 5.91 Å². The van der Waals surface area contributed by atoms with E-state index in [0.717, 1.165) is 19.3 Å². The minimum Gasteiger partial charge on any atom is -0.322 e. The molecule has 1 aliphatic heterocycles. The van der Waals surface area contributed by atoms with Crippen molar-refractivity contribution in [2.24, 2.45) is 0 Å². The third-order valence-corrected chi connectivity index (χ3v) is 5.98. The number of nitrogens with one attached hydrogen (secondary N) is 1. The van der Waals surface area contributed by atoms with E-state index >= 15 is 0 Å². The Morgan fingerprint density at radius 1 is 0.750 bits per heavy atom. The zero-order valence-electron chi connectivity index (χ0n) is 21.3. The van der Waals surface area contributed by atoms with Crippen LogP contribution in [0.3, 0.4) is 0 Å². The Morgan fingerprint density at radius 3 is 1.81 bits per heavy atom. The molecule has 0 radical (unpaired) electrons. The summed E-state index contributed by atoms with van der Waals surface area (Å²) in [5.41, 5.74) is 1.00. The molecule has 0 spiro atoms. The van der Waals surface area contributed by atoms with Crippen molar-refractivity contribution in [1.82, 2.24) is 4.31 Å². The number of sulfonamides is 1. The average Bonchev–Trinajstić information content (AvgIpc) is 2.90. The highest BCUT2D eigenvalue weighted by atomic mass is 32.2. The van der Waals surface area contributed by atoms with Crippen molar-refractivity contribution in [3.05, 3.63) is 60.2 Å². The molecule has 0 aliphatic carbocycles. The van der Waals surface area contributed by atoms with Crippen LogP contribution in [0, 0.1) is 0 Å². The second-order valence-electron chi connectivity index (χ2n) is 5.81. The first-order valence-electron chi connectivity index (χ1n) is 12.0. The maximum Gasteiger partial charge on any atom is 0.255 e. The maximum atomic E-state index is 12.7. The first-order chi connectivity index (χ1) is 15.6. The third-order valence-electron chi connectivity index (χ3n) is 4.08. The quantitative estimate of drug-likeness (QED) is 0.519. The molecule has 1 fully saturated rings. The minimum atomic E-state index is -3.54. The van der Waals surface area contributed by atoms with E-state index in [1.807, 2.05) is 73.6 Å². The number of carbonyl (C=O) groups excluding carboxylic acids is 1. The van der Waals surface area contributed by atoms with E-state index in [2.05, 4.69) is 5.32 Å². The Labute approximate surface area is 197 Å². The zero-order valence-corrected chi connectivity index (χ0v) is 22.1. The summed E-state index contributed by atoms with van der Waals surface area (Å²) in [4.78, 5) is 12.5. The summed E-state index contributed by atoms with van der Waals surface area (Å²) < 4.78 is 26.9. The highest BCUT2D eigenvalue weighted by Gasteiger charge is 2.26. The number of anilines is 1. The van der Waals surface area contributed by atoms with Gasteiger partial charge in [0.05, 0.1) is 4.90 Å². The van der Waals surface area contributed by atoms with Gasteiger partial charge in [0.2, 0.25) is 10.0 Å². The molecule has 3 rings (SSSR count). The lowest BCUT2D eigenvalue weighted by Gasteiger charge is -2.26. The van der Waals surface area contributed by atoms with Crippen LogP contribution in [-0.4, -0.2) is 31.7 Å². The van der Waals surface area contributed by atoms with Crippen molar-refractivity contribution < 1.29 is 13.2 Å². The van der Waals surface area contributed by atoms with Crippen molar-refractivity contribution in [3.63, 3.8) is 0 Å². The number of para-hydroxylation sites is 1. The van der Waals surface area contributed by atoms with Crippen LogP contribution in [0.1, 0.15) is 85.0 Å². The maximum absolute atomic E-state index is 12.7. The molecule has 1 heterocycles. The normalized spacial score (nSPS) is 12.6. The highest BCUT2D eigenvalue weighted by molar-refractivity contribution is 7.89. The van der Waals surface area contributed by atoms with Gasteiger partial charge in [-0.3, -0.25) is 4.79 Å². The first-order valence-corrected chi connectivity index (χ1v) is 13.5. The van der Waals surface area contributed by atoms with E-state index in [1.54, 1.807) is 30.3 Å². The second kappa shape index (κ2) is 19.5. The Kier molecular flexibility index (Phi) is 19.5. The van der Waals surface area contributed by atoms with Crippen LogP contribution in [0.4, 0.5) is 5.69 Å². The van der Waals surface area contributed by atoms with Gasteiger partial charge in [-0.05, 0) is 43.2 Å². The van der Waals surface area contributed by atoms with Crippen LogP contribution >= 0.6 is 0 Å². The lowest BCUT2D eigenvalue weighted by atomic mass is 10.2. The molecular weight excluding hydrogens is 420 g/mol. The summed E-state index contributed by atoms with van der Waals surface area (Å²) in [6, 6.07) is 15.3. The van der Waals surface area contributed by atoms with Crippen LogP contribution < -0.4 is 5.32 Å². The van der Waals surface area contributed by atoms with E-state index in [9.17, 15) is 13.2 Å². The van der Waals surface area contributed by atoms with Crippen molar-refractivity contribution in [2.45, 2.75) is 79.5 Å². The second-order valence-corrected chi connectivity index (χ2v) is 7.75. The molecule has 2 aromatic carbocycles. The van der Waals surface area contributed by atoms with Crippen LogP contribution in [0.25, 0.3) is 0 Å². The number of rotatable bonds is 4. The van der Waals surface area contributed by atoms with E-state index in [0.29, 0.717) is 24.3 Å². The standard InChI is InChI=1S/C18H20N2O3S.4C2H6/c21-18(19-16-9-3-1-4-10-16)15-8-7-11-17(14-15)24(22,23)20-12-5-2-6-13-20;4*1-2/h1,3-4,7-11,14H,2,5-6,12-13H2,(H,19,21);4*1-2H3. The smallest absolute Gasteiger partial charge is 0.255 e. The summed E-state index contributed by atoms with van der Waals surface area (Å²) in [6.07, 6.45) is 2.83. The molecule has 1 saturated heterocycles. The van der Waals surface area contributed by atoms with Crippen LogP contribution in [0.5, 0.6) is 0 Å². The number of piperidine rings is 1. The Morgan fingerprint density at radius 2 is 1.28 bits per heavy atom. The molecule has 6 heteroatoms. The predicted molar refractivity (Wildman–Crippen MR) is 139 cm³/mol. The van der Waals surface area contributed by atoms with Gasteiger partial charge in [-0.25, -0.2) is 8.42 Å². The summed E-state index contributed by atoms with van der Waals surface area (Å²) in [5.74, 6) is -0.322. The summed E-state index contributed by atoms with van der Waals surface area (Å²) in [7, 11) is -3.54. The SMILES string of the molecule is CC.CC.CC.CC.O=C(Nc1ccccc1)c1cccc(S(=O)(=O)N2CCCCC2)c1. The van der Waals surface area contributed by atoms with Gasteiger partial charge in [-0.1, -0.05) is 86.1 Å². The van der Waals surface area contributed by atoms with Crippen LogP contribution in [0.15, 0.2) is 59.5 Å². The van der Waals surface area contributed by atoms with E-state index in [4.69, 9.17) is 0 Å². The molecule has 0 unspecified atom stereocenters. The Hall–Kier alpha value is -2.18. The van der Waals surface area contributed by atoms with E-state index in [-0.39, 0.29) is 10.8 Å². The van der Waals surface area contributed by atoms with Gasteiger partial charge in [-0.15, -0.1) is 0 Å². The van der Waals surface area contributed by atoms with E-state index < -0.39 is 10.0 Å². The average molecular weight is 465 g/mol. The van der Waals surface area contributed by atoms with Gasteiger partial charge in [0.1, 0.15) is 0 Å². The topological polar surface area (TPSA) is 66.5 Å². The summed E-state index contributed by atoms with van der Waals surface area (Å²) in [6.45, 7) is 17.1. The number of nitrogens with zero attached hydrogens (tertiary/aromatic N) is 1. The molecule has 1 aliphatic rings. The minimum absolute atomic E-state index is 0.171. The molecule has 0 bridgehead atoms. The molecule has 0 atom stereocenters. The number of amides is 1. The molecule has 1 N–H and O–H groups in total. The number of carbonyl (C=O) groups is 1. The number of hydrogen-bond acceptors (Lipinski definition) is 3. The van der Waals surface area contributed by atoms with Gasteiger partial charge < -0.3 is 5.32 Å². The Balaban J connectivity index is 0. The highest BCUT2D eigenvalue weighted by Crippen LogP contribution is 2.21. The molecule has 1 amide bonds. The molecule has 182 valence electrons. The fourth-order valence-electron chi connectivity index (χ4n) is 2.78. The van der Waals surface area contributed by atoms with E-state index in [1.165, 1.54) is 10.4 Å². The van der Waals surface area contributed by atoms with Gasteiger partial charge >= 0.3 is 0 Å². The molecular formula is C26H44N2O3S. The lowest BCUT2D eigenvalue weighted by molar-refractivity contribution is 0.102. The molecule has 0 aromatic heterocycles. The number of benzene rings is 2. The fraction of sp³-hybridized carbons (Fsp3) is 0.500. The first kappa shape index (κ1) is 32.0. The predicted octanol–water partition coefficient (Wildman–Crippen LogP) is 7.22.